The van der Waals surface area contributed by atoms with Gasteiger partial charge in [0.25, 0.3) is 10.1 Å². The molecule has 2 unspecified atom stereocenters. The molecule has 0 saturated heterocycles. The third-order valence-corrected chi connectivity index (χ3v) is 10.6. The minimum Gasteiger partial charge on any atom is -0.508 e. The van der Waals surface area contributed by atoms with Gasteiger partial charge in [-0.3, -0.25) is 9.35 Å². The molecule has 2 fully saturated rings. The van der Waals surface area contributed by atoms with Gasteiger partial charge in [-0.15, -0.1) is 0 Å². The highest BCUT2D eigenvalue weighted by Gasteiger charge is 2.65. The number of hydrogen-bond acceptors (Lipinski definition) is 4. The SMILES string of the molecule is CC1(C)C2CCC1(CS(=O)(=O)O)C(=O)C2.Oc1ccc(-c2[nH]c3cccc(-c4ccccc4)c3c2-c2ccccc2)cc1. The molecule has 6 nitrogen and oxygen atoms in total. The minimum atomic E-state index is -4.08. The average Bonchev–Trinajstić information content (AvgIpc) is 3.55. The van der Waals surface area contributed by atoms with Crippen molar-refractivity contribution in [1.29, 1.82) is 0 Å². The molecular weight excluding hydrogens is 558 g/mol. The molecule has 0 amide bonds. The van der Waals surface area contributed by atoms with Gasteiger partial charge < -0.3 is 10.1 Å². The zero-order valence-corrected chi connectivity index (χ0v) is 25.1. The summed E-state index contributed by atoms with van der Waals surface area (Å²) in [6.45, 7) is 3.89. The molecular formula is C36H35NO5S. The second kappa shape index (κ2) is 10.8. The van der Waals surface area contributed by atoms with Gasteiger partial charge in [-0.25, -0.2) is 0 Å². The maximum atomic E-state index is 11.9. The fourth-order valence-corrected chi connectivity index (χ4v) is 8.56. The number of aromatic hydroxyl groups is 1. The van der Waals surface area contributed by atoms with E-state index in [4.69, 9.17) is 4.55 Å². The number of nitrogens with one attached hydrogen (secondary N) is 1. The second-order valence-electron chi connectivity index (χ2n) is 12.3. The Bertz CT molecular complexity index is 1890. The number of fused-ring (bicyclic) bond motifs is 3. The molecule has 2 aliphatic carbocycles. The molecule has 43 heavy (non-hydrogen) atoms. The van der Waals surface area contributed by atoms with Crippen LogP contribution in [0.15, 0.2) is 103 Å². The number of aromatic nitrogens is 1. The Morgan fingerprint density at radius 2 is 1.44 bits per heavy atom. The highest BCUT2D eigenvalue weighted by molar-refractivity contribution is 7.85. The number of carbonyl (C=O) groups excluding carboxylic acids is 1. The maximum absolute atomic E-state index is 11.9. The number of carbonyl (C=O) groups is 1. The Kier molecular flexibility index (Phi) is 7.27. The van der Waals surface area contributed by atoms with Crippen molar-refractivity contribution in [2.45, 2.75) is 33.1 Å². The van der Waals surface area contributed by atoms with Crippen molar-refractivity contribution in [1.82, 2.24) is 4.98 Å². The number of Topliss-reactive ketones (excluding diaryl/α,β-unsaturated/α-hetero) is 1. The van der Waals surface area contributed by atoms with E-state index in [-0.39, 0.29) is 22.9 Å². The molecule has 0 aliphatic heterocycles. The molecule has 7 rings (SSSR count). The van der Waals surface area contributed by atoms with Gasteiger partial charge in [-0.1, -0.05) is 86.6 Å². The molecule has 1 heterocycles. The lowest BCUT2D eigenvalue weighted by atomic mass is 9.70. The highest BCUT2D eigenvalue weighted by atomic mass is 32.2. The van der Waals surface area contributed by atoms with E-state index in [2.05, 4.69) is 71.7 Å². The molecule has 0 radical (unpaired) electrons. The van der Waals surface area contributed by atoms with Crippen LogP contribution in [-0.4, -0.2) is 34.6 Å². The third-order valence-electron chi connectivity index (χ3n) is 9.70. The maximum Gasteiger partial charge on any atom is 0.265 e. The van der Waals surface area contributed by atoms with Gasteiger partial charge in [0, 0.05) is 22.9 Å². The third kappa shape index (κ3) is 5.17. The van der Waals surface area contributed by atoms with Crippen molar-refractivity contribution in [2.24, 2.45) is 16.7 Å². The van der Waals surface area contributed by atoms with Crippen molar-refractivity contribution >= 4 is 26.8 Å². The second-order valence-corrected chi connectivity index (χ2v) is 13.7. The zero-order valence-electron chi connectivity index (χ0n) is 24.2. The van der Waals surface area contributed by atoms with Crippen LogP contribution in [0.4, 0.5) is 0 Å². The number of phenols is 1. The van der Waals surface area contributed by atoms with Crippen molar-refractivity contribution in [3.63, 3.8) is 0 Å². The van der Waals surface area contributed by atoms with Crippen LogP contribution < -0.4 is 0 Å². The standard InChI is InChI=1S/C26H19NO.C10H16O4S/c28-21-16-14-20(15-17-21)26-24(19-10-5-2-6-11-19)25-22(12-7-13-23(25)27-26)18-8-3-1-4-9-18;1-9(2)7-3-4-10(9,8(11)5-7)6-15(12,13)14/h1-17,27-28H;7H,3-6H2,1-2H3,(H,12,13,14). The van der Waals surface area contributed by atoms with Crippen LogP contribution in [0.3, 0.4) is 0 Å². The lowest BCUT2D eigenvalue weighted by Crippen LogP contribution is -2.42. The number of H-pyrrole nitrogens is 1. The van der Waals surface area contributed by atoms with Crippen molar-refractivity contribution in [2.75, 3.05) is 5.75 Å². The monoisotopic (exact) mass is 593 g/mol. The van der Waals surface area contributed by atoms with Crippen LogP contribution >= 0.6 is 0 Å². The molecule has 5 aromatic rings. The molecule has 2 aliphatic rings. The van der Waals surface area contributed by atoms with Gasteiger partial charge >= 0.3 is 0 Å². The lowest BCUT2D eigenvalue weighted by Gasteiger charge is -2.35. The van der Waals surface area contributed by atoms with Crippen molar-refractivity contribution in [3.8, 4) is 39.3 Å². The first kappa shape index (κ1) is 28.9. The number of ketones is 1. The molecule has 1 aromatic heterocycles. The predicted molar refractivity (Wildman–Crippen MR) is 171 cm³/mol. The summed E-state index contributed by atoms with van der Waals surface area (Å²) in [5, 5.41) is 10.9. The molecule has 2 bridgehead atoms. The number of phenolic OH excluding ortho intramolecular Hbond substituents is 1. The van der Waals surface area contributed by atoms with Gasteiger partial charge in [-0.05, 0) is 76.8 Å². The van der Waals surface area contributed by atoms with Crippen molar-refractivity contribution in [3.05, 3.63) is 103 Å². The summed E-state index contributed by atoms with van der Waals surface area (Å²) in [7, 11) is -4.08. The number of aromatic amines is 1. The first-order valence-electron chi connectivity index (χ1n) is 14.5. The molecule has 3 N–H and O–H groups in total. The van der Waals surface area contributed by atoms with Gasteiger partial charge in [0.2, 0.25) is 0 Å². The van der Waals surface area contributed by atoms with Crippen LogP contribution in [-0.2, 0) is 14.9 Å². The van der Waals surface area contributed by atoms with E-state index in [0.717, 1.165) is 23.2 Å². The highest BCUT2D eigenvalue weighted by Crippen LogP contribution is 2.64. The molecule has 0 spiro atoms. The molecule has 4 aromatic carbocycles. The van der Waals surface area contributed by atoms with E-state index in [0.29, 0.717) is 12.8 Å². The van der Waals surface area contributed by atoms with Crippen LogP contribution in [0.2, 0.25) is 0 Å². The van der Waals surface area contributed by atoms with Gasteiger partial charge in [0.1, 0.15) is 11.5 Å². The Morgan fingerprint density at radius 3 is 2.00 bits per heavy atom. The fraction of sp³-hybridized carbons (Fsp3) is 0.250. The Hall–Kier alpha value is -4.20. The summed E-state index contributed by atoms with van der Waals surface area (Å²) < 4.78 is 31.0. The Labute approximate surface area is 252 Å². The summed E-state index contributed by atoms with van der Waals surface area (Å²) in [6, 6.07) is 34.7. The summed E-state index contributed by atoms with van der Waals surface area (Å²) in [4.78, 5) is 15.5. The van der Waals surface area contributed by atoms with Gasteiger partial charge in [-0.2, -0.15) is 8.42 Å². The fourth-order valence-electron chi connectivity index (χ4n) is 7.26. The van der Waals surface area contributed by atoms with E-state index >= 15 is 0 Å². The zero-order chi connectivity index (χ0) is 30.4. The minimum absolute atomic E-state index is 0.0152. The average molecular weight is 594 g/mol. The van der Waals surface area contributed by atoms with E-state index < -0.39 is 21.3 Å². The quantitative estimate of drug-likeness (QED) is 0.178. The van der Waals surface area contributed by atoms with Crippen LogP contribution in [0.25, 0.3) is 44.4 Å². The normalized spacial score (nSPS) is 20.6. The first-order chi connectivity index (χ1) is 20.5. The molecule has 7 heteroatoms. The number of benzene rings is 4. The van der Waals surface area contributed by atoms with E-state index in [1.807, 2.05) is 38.1 Å². The molecule has 2 atom stereocenters. The lowest BCUT2D eigenvalue weighted by molar-refractivity contribution is -0.128. The Morgan fingerprint density at radius 1 is 0.814 bits per heavy atom. The smallest absolute Gasteiger partial charge is 0.265 e. The first-order valence-corrected chi connectivity index (χ1v) is 16.1. The van der Waals surface area contributed by atoms with Crippen molar-refractivity contribution < 1.29 is 22.9 Å². The molecule has 2 saturated carbocycles. The topological polar surface area (TPSA) is 107 Å². The number of rotatable bonds is 5. The van der Waals surface area contributed by atoms with Crippen LogP contribution in [0.1, 0.15) is 33.1 Å². The van der Waals surface area contributed by atoms with Crippen LogP contribution in [0.5, 0.6) is 5.75 Å². The van der Waals surface area contributed by atoms with E-state index in [1.165, 1.54) is 27.6 Å². The summed E-state index contributed by atoms with van der Waals surface area (Å²) in [5.74, 6) is 0.168. The summed E-state index contributed by atoms with van der Waals surface area (Å²) in [6.07, 6.45) is 1.97. The predicted octanol–water partition coefficient (Wildman–Crippen LogP) is 8.14. The van der Waals surface area contributed by atoms with E-state index in [9.17, 15) is 18.3 Å². The molecule has 220 valence electrons. The van der Waals surface area contributed by atoms with Gasteiger partial charge in [0.05, 0.1) is 16.9 Å². The van der Waals surface area contributed by atoms with Gasteiger partial charge in [0.15, 0.2) is 0 Å². The largest absolute Gasteiger partial charge is 0.508 e. The Balaban J connectivity index is 0.000000185. The summed E-state index contributed by atoms with van der Waals surface area (Å²) in [5.41, 5.74) is 6.84. The van der Waals surface area contributed by atoms with E-state index in [1.54, 1.807) is 12.1 Å². The number of hydrogen-bond donors (Lipinski definition) is 3. The van der Waals surface area contributed by atoms with Crippen LogP contribution in [0, 0.1) is 16.7 Å². The summed E-state index contributed by atoms with van der Waals surface area (Å²) >= 11 is 0.